The third kappa shape index (κ3) is 2.47. The normalized spacial score (nSPS) is 43.9. The molecule has 2 aliphatic heterocycles. The van der Waals surface area contributed by atoms with E-state index in [1.807, 2.05) is 0 Å². The number of hydrogen-bond acceptors (Lipinski definition) is 2. The first-order chi connectivity index (χ1) is 9.22. The van der Waals surface area contributed by atoms with Gasteiger partial charge in [-0.3, -0.25) is 4.90 Å². The van der Waals surface area contributed by atoms with Gasteiger partial charge in [0.2, 0.25) is 0 Å². The van der Waals surface area contributed by atoms with Crippen molar-refractivity contribution in [3.63, 3.8) is 0 Å². The maximum absolute atomic E-state index is 3.62. The van der Waals surface area contributed by atoms with Crippen LogP contribution in [0.3, 0.4) is 0 Å². The summed E-state index contributed by atoms with van der Waals surface area (Å²) in [4.78, 5) is 2.96. The van der Waals surface area contributed by atoms with Crippen LogP contribution in [0.5, 0.6) is 0 Å². The second kappa shape index (κ2) is 5.73. The van der Waals surface area contributed by atoms with Crippen LogP contribution in [0.1, 0.15) is 52.9 Å². The highest BCUT2D eigenvalue weighted by Crippen LogP contribution is 2.42. The van der Waals surface area contributed by atoms with Crippen molar-refractivity contribution in [3.8, 4) is 0 Å². The van der Waals surface area contributed by atoms with E-state index in [2.05, 4.69) is 31.0 Å². The third-order valence-corrected chi connectivity index (χ3v) is 6.24. The van der Waals surface area contributed by atoms with Crippen LogP contribution in [0.2, 0.25) is 0 Å². The van der Waals surface area contributed by atoms with E-state index < -0.39 is 0 Å². The van der Waals surface area contributed by atoms with E-state index in [0.29, 0.717) is 0 Å². The van der Waals surface area contributed by atoms with Gasteiger partial charge in [-0.25, -0.2) is 0 Å². The van der Waals surface area contributed by atoms with Gasteiger partial charge in [0, 0.05) is 18.6 Å². The van der Waals surface area contributed by atoms with Crippen LogP contribution in [-0.2, 0) is 0 Å². The number of nitrogens with one attached hydrogen (secondary N) is 1. The molecule has 0 amide bonds. The first-order valence-corrected chi connectivity index (χ1v) is 8.68. The summed E-state index contributed by atoms with van der Waals surface area (Å²) in [5.74, 6) is 3.70. The zero-order chi connectivity index (χ0) is 13.4. The summed E-state index contributed by atoms with van der Waals surface area (Å²) < 4.78 is 0. The van der Waals surface area contributed by atoms with Gasteiger partial charge in [0.05, 0.1) is 0 Å². The average Bonchev–Trinajstić information content (AvgIpc) is 2.98. The standard InChI is InChI=1S/C17H32N2/c1-4-16-15-10-18-9-13(15)11-19(16)17-8-6-5-7-14(17)12(2)3/h12-18H,4-11H2,1-3H3. The molecule has 0 aromatic heterocycles. The number of fused-ring (bicyclic) bond motifs is 1. The number of nitrogens with zero attached hydrogens (tertiary/aromatic N) is 1. The highest BCUT2D eigenvalue weighted by Gasteiger charge is 2.47. The van der Waals surface area contributed by atoms with E-state index in [4.69, 9.17) is 0 Å². The lowest BCUT2D eigenvalue weighted by Crippen LogP contribution is -2.48. The molecule has 2 heterocycles. The van der Waals surface area contributed by atoms with Crippen LogP contribution in [0.25, 0.3) is 0 Å². The summed E-state index contributed by atoms with van der Waals surface area (Å²) in [6.45, 7) is 11.2. The van der Waals surface area contributed by atoms with Gasteiger partial charge in [-0.05, 0) is 56.0 Å². The molecule has 0 aromatic carbocycles. The van der Waals surface area contributed by atoms with Crippen LogP contribution < -0.4 is 5.32 Å². The molecular weight excluding hydrogens is 232 g/mol. The maximum Gasteiger partial charge on any atom is 0.0140 e. The van der Waals surface area contributed by atoms with Gasteiger partial charge in [-0.15, -0.1) is 0 Å². The SMILES string of the molecule is CCC1C2CNCC2CN1C1CCCCC1C(C)C. The minimum atomic E-state index is 0.862. The fourth-order valence-corrected chi connectivity index (χ4v) is 5.30. The molecule has 2 saturated heterocycles. The minimum absolute atomic E-state index is 0.862. The first kappa shape index (κ1) is 13.9. The molecule has 0 radical (unpaired) electrons. The molecule has 1 saturated carbocycles. The molecule has 5 atom stereocenters. The fraction of sp³-hybridized carbons (Fsp3) is 1.00. The molecule has 0 aromatic rings. The monoisotopic (exact) mass is 264 g/mol. The summed E-state index contributed by atoms with van der Waals surface area (Å²) in [5.41, 5.74) is 0. The van der Waals surface area contributed by atoms with Gasteiger partial charge in [0.25, 0.3) is 0 Å². The zero-order valence-corrected chi connectivity index (χ0v) is 13.1. The molecule has 3 aliphatic rings. The van der Waals surface area contributed by atoms with Gasteiger partial charge in [-0.1, -0.05) is 33.6 Å². The molecule has 3 rings (SSSR count). The number of hydrogen-bond donors (Lipinski definition) is 1. The van der Waals surface area contributed by atoms with Crippen molar-refractivity contribution in [1.82, 2.24) is 10.2 Å². The minimum Gasteiger partial charge on any atom is -0.316 e. The smallest absolute Gasteiger partial charge is 0.0140 e. The van der Waals surface area contributed by atoms with Gasteiger partial charge in [-0.2, -0.15) is 0 Å². The Bertz CT molecular complexity index is 302. The molecule has 1 N–H and O–H groups in total. The summed E-state index contributed by atoms with van der Waals surface area (Å²) in [6, 6.07) is 1.76. The van der Waals surface area contributed by atoms with E-state index in [1.165, 1.54) is 51.7 Å². The Morgan fingerprint density at radius 3 is 2.68 bits per heavy atom. The first-order valence-electron chi connectivity index (χ1n) is 8.68. The molecule has 2 nitrogen and oxygen atoms in total. The van der Waals surface area contributed by atoms with Crippen LogP contribution in [0.4, 0.5) is 0 Å². The van der Waals surface area contributed by atoms with Crippen molar-refractivity contribution in [2.75, 3.05) is 19.6 Å². The van der Waals surface area contributed by atoms with Crippen molar-refractivity contribution in [2.45, 2.75) is 65.0 Å². The molecule has 0 spiro atoms. The van der Waals surface area contributed by atoms with E-state index in [1.54, 1.807) is 0 Å². The van der Waals surface area contributed by atoms with Crippen molar-refractivity contribution < 1.29 is 0 Å². The summed E-state index contributed by atoms with van der Waals surface area (Å²) >= 11 is 0. The topological polar surface area (TPSA) is 15.3 Å². The highest BCUT2D eigenvalue weighted by atomic mass is 15.2. The lowest BCUT2D eigenvalue weighted by molar-refractivity contribution is 0.0578. The molecule has 1 aliphatic carbocycles. The maximum atomic E-state index is 3.62. The van der Waals surface area contributed by atoms with Gasteiger partial charge in [0.15, 0.2) is 0 Å². The molecule has 19 heavy (non-hydrogen) atoms. The Kier molecular flexibility index (Phi) is 4.19. The predicted molar refractivity (Wildman–Crippen MR) is 81.2 cm³/mol. The van der Waals surface area contributed by atoms with Gasteiger partial charge >= 0.3 is 0 Å². The van der Waals surface area contributed by atoms with Crippen LogP contribution in [0, 0.1) is 23.7 Å². The van der Waals surface area contributed by atoms with Crippen molar-refractivity contribution in [1.29, 1.82) is 0 Å². The Balaban J connectivity index is 1.76. The molecule has 0 bridgehead atoms. The van der Waals surface area contributed by atoms with E-state index in [0.717, 1.165) is 35.8 Å². The van der Waals surface area contributed by atoms with E-state index in [-0.39, 0.29) is 0 Å². The van der Waals surface area contributed by atoms with Crippen molar-refractivity contribution >= 4 is 0 Å². The Hall–Kier alpha value is -0.0800. The lowest BCUT2D eigenvalue weighted by atomic mass is 9.76. The molecule has 110 valence electrons. The fourth-order valence-electron chi connectivity index (χ4n) is 5.30. The zero-order valence-electron chi connectivity index (χ0n) is 13.1. The predicted octanol–water partition coefficient (Wildman–Crippen LogP) is 3.13. The Labute approximate surface area is 119 Å². The molecular formula is C17H32N2. The highest BCUT2D eigenvalue weighted by molar-refractivity contribution is 5.01. The molecule has 5 unspecified atom stereocenters. The average molecular weight is 264 g/mol. The lowest BCUT2D eigenvalue weighted by Gasteiger charge is -2.43. The van der Waals surface area contributed by atoms with Gasteiger partial charge in [0.1, 0.15) is 0 Å². The summed E-state index contributed by atoms with van der Waals surface area (Å²) in [6.07, 6.45) is 7.23. The quantitative estimate of drug-likeness (QED) is 0.842. The summed E-state index contributed by atoms with van der Waals surface area (Å²) in [5, 5.41) is 3.62. The second-order valence-electron chi connectivity index (χ2n) is 7.51. The van der Waals surface area contributed by atoms with E-state index >= 15 is 0 Å². The second-order valence-corrected chi connectivity index (χ2v) is 7.51. The van der Waals surface area contributed by atoms with Gasteiger partial charge < -0.3 is 5.32 Å². The summed E-state index contributed by atoms with van der Waals surface area (Å²) in [7, 11) is 0. The number of rotatable bonds is 3. The van der Waals surface area contributed by atoms with Crippen LogP contribution in [0.15, 0.2) is 0 Å². The van der Waals surface area contributed by atoms with Crippen molar-refractivity contribution in [3.05, 3.63) is 0 Å². The Morgan fingerprint density at radius 1 is 1.16 bits per heavy atom. The molecule has 3 fully saturated rings. The largest absolute Gasteiger partial charge is 0.316 e. The number of likely N-dealkylation sites (tertiary alicyclic amines) is 1. The third-order valence-electron chi connectivity index (χ3n) is 6.24. The Morgan fingerprint density at radius 2 is 1.95 bits per heavy atom. The van der Waals surface area contributed by atoms with E-state index in [9.17, 15) is 0 Å². The molecule has 2 heteroatoms. The van der Waals surface area contributed by atoms with Crippen LogP contribution >= 0.6 is 0 Å². The van der Waals surface area contributed by atoms with Crippen molar-refractivity contribution in [2.24, 2.45) is 23.7 Å². The van der Waals surface area contributed by atoms with Crippen LogP contribution in [-0.4, -0.2) is 36.6 Å².